The van der Waals surface area contributed by atoms with Gasteiger partial charge < -0.3 is 4.90 Å². The molecule has 0 unspecified atom stereocenters. The van der Waals surface area contributed by atoms with E-state index in [0.29, 0.717) is 6.54 Å². The molecular weight excluding hydrogens is 251 g/mol. The van der Waals surface area contributed by atoms with Crippen LogP contribution in [0.3, 0.4) is 0 Å². The highest BCUT2D eigenvalue weighted by molar-refractivity contribution is 6.30. The Morgan fingerprint density at radius 2 is 2.11 bits per heavy atom. The van der Waals surface area contributed by atoms with Crippen LogP contribution in [0.5, 0.6) is 0 Å². The van der Waals surface area contributed by atoms with Gasteiger partial charge in [-0.15, -0.1) is 0 Å². The quantitative estimate of drug-likeness (QED) is 0.817. The van der Waals surface area contributed by atoms with Crippen molar-refractivity contribution in [2.45, 2.75) is 20.3 Å². The summed E-state index contributed by atoms with van der Waals surface area (Å²) in [6.45, 7) is 5.35. The monoisotopic (exact) mass is 268 g/mol. The van der Waals surface area contributed by atoms with Gasteiger partial charge in [0.15, 0.2) is 0 Å². The topological polar surface area (TPSA) is 27.0 Å². The van der Waals surface area contributed by atoms with Crippen LogP contribution in [0.4, 0.5) is 4.39 Å². The molecule has 18 heavy (non-hydrogen) atoms. The molecule has 2 nitrogen and oxygen atoms in total. The fourth-order valence-electron chi connectivity index (χ4n) is 1.80. The fourth-order valence-corrected chi connectivity index (χ4v) is 2.01. The first-order valence-electron chi connectivity index (χ1n) is 5.88. The van der Waals surface area contributed by atoms with Gasteiger partial charge in [-0.2, -0.15) is 5.26 Å². The molecule has 0 fully saturated rings. The highest BCUT2D eigenvalue weighted by Gasteiger charge is 2.18. The largest absolute Gasteiger partial charge is 0.304 e. The molecule has 0 saturated heterocycles. The summed E-state index contributed by atoms with van der Waals surface area (Å²) in [7, 11) is 1.98. The molecular formula is C14H18ClFN2. The Labute approximate surface area is 113 Å². The first kappa shape index (κ1) is 14.9. The van der Waals surface area contributed by atoms with Gasteiger partial charge in [-0.3, -0.25) is 0 Å². The Morgan fingerprint density at radius 1 is 1.44 bits per heavy atom. The van der Waals surface area contributed by atoms with E-state index in [0.717, 1.165) is 18.5 Å². The second-order valence-electron chi connectivity index (χ2n) is 5.23. The molecule has 0 N–H and O–H groups in total. The van der Waals surface area contributed by atoms with Crippen LogP contribution in [-0.4, -0.2) is 25.0 Å². The Kier molecular flexibility index (Phi) is 5.13. The van der Waals surface area contributed by atoms with Crippen LogP contribution >= 0.6 is 11.6 Å². The highest BCUT2D eigenvalue weighted by Crippen LogP contribution is 2.17. The van der Waals surface area contributed by atoms with E-state index in [4.69, 9.17) is 16.9 Å². The highest BCUT2D eigenvalue weighted by atomic mass is 35.5. The molecule has 0 heterocycles. The molecule has 0 aliphatic heterocycles. The van der Waals surface area contributed by atoms with Gasteiger partial charge in [0.25, 0.3) is 0 Å². The van der Waals surface area contributed by atoms with Crippen LogP contribution in [0.1, 0.15) is 19.4 Å². The molecule has 1 aromatic carbocycles. The second kappa shape index (κ2) is 6.17. The molecule has 0 aliphatic carbocycles. The maximum absolute atomic E-state index is 13.0. The predicted molar refractivity (Wildman–Crippen MR) is 72.0 cm³/mol. The van der Waals surface area contributed by atoms with Gasteiger partial charge in [0.05, 0.1) is 16.5 Å². The smallest absolute Gasteiger partial charge is 0.141 e. The third-order valence-corrected chi connectivity index (χ3v) is 3.02. The van der Waals surface area contributed by atoms with Crippen molar-refractivity contribution in [3.63, 3.8) is 0 Å². The lowest BCUT2D eigenvalue weighted by molar-refractivity contribution is 0.258. The van der Waals surface area contributed by atoms with E-state index in [-0.39, 0.29) is 16.3 Å². The molecule has 0 atom stereocenters. The number of rotatable bonds is 5. The van der Waals surface area contributed by atoms with Gasteiger partial charge in [0.2, 0.25) is 0 Å². The fraction of sp³-hybridized carbons (Fsp3) is 0.500. The van der Waals surface area contributed by atoms with Gasteiger partial charge in [-0.25, -0.2) is 4.39 Å². The van der Waals surface area contributed by atoms with Crippen LogP contribution in [0.25, 0.3) is 0 Å². The van der Waals surface area contributed by atoms with Gasteiger partial charge in [-0.05, 0) is 45.0 Å². The summed E-state index contributed by atoms with van der Waals surface area (Å²) < 4.78 is 13.0. The first-order chi connectivity index (χ1) is 8.34. The summed E-state index contributed by atoms with van der Waals surface area (Å²) >= 11 is 5.73. The van der Waals surface area contributed by atoms with E-state index in [1.807, 2.05) is 20.9 Å². The summed E-state index contributed by atoms with van der Waals surface area (Å²) in [5.74, 6) is -0.389. The average molecular weight is 269 g/mol. The number of halogens is 2. The van der Waals surface area contributed by atoms with Gasteiger partial charge >= 0.3 is 0 Å². The minimum Gasteiger partial charge on any atom is -0.304 e. The van der Waals surface area contributed by atoms with E-state index >= 15 is 0 Å². The van der Waals surface area contributed by atoms with Crippen LogP contribution in [0.2, 0.25) is 5.02 Å². The molecule has 98 valence electrons. The Balaban J connectivity index is 2.50. The lowest BCUT2D eigenvalue weighted by Gasteiger charge is -2.24. The Bertz CT molecular complexity index is 452. The van der Waals surface area contributed by atoms with Crippen LogP contribution in [0, 0.1) is 22.6 Å². The molecule has 0 aliphatic rings. The zero-order valence-corrected chi connectivity index (χ0v) is 11.8. The summed E-state index contributed by atoms with van der Waals surface area (Å²) in [5.41, 5.74) is 0.651. The van der Waals surface area contributed by atoms with Crippen molar-refractivity contribution in [2.75, 3.05) is 20.1 Å². The molecule has 0 spiro atoms. The number of hydrogen-bond acceptors (Lipinski definition) is 2. The van der Waals surface area contributed by atoms with Crippen molar-refractivity contribution in [1.82, 2.24) is 4.90 Å². The van der Waals surface area contributed by atoms with Crippen molar-refractivity contribution >= 4 is 11.6 Å². The minimum absolute atomic E-state index is 0.160. The summed E-state index contributed by atoms with van der Waals surface area (Å²) in [6.07, 6.45) is 0.790. The van der Waals surface area contributed by atoms with E-state index in [2.05, 4.69) is 11.0 Å². The van der Waals surface area contributed by atoms with Gasteiger partial charge in [0.1, 0.15) is 5.82 Å². The minimum atomic E-state index is -0.389. The Morgan fingerprint density at radius 3 is 2.67 bits per heavy atom. The van der Waals surface area contributed by atoms with Crippen molar-refractivity contribution < 1.29 is 4.39 Å². The van der Waals surface area contributed by atoms with Crippen molar-refractivity contribution in [3.8, 4) is 6.07 Å². The van der Waals surface area contributed by atoms with E-state index in [9.17, 15) is 4.39 Å². The summed E-state index contributed by atoms with van der Waals surface area (Å²) in [6, 6.07) is 7.05. The van der Waals surface area contributed by atoms with Crippen molar-refractivity contribution in [1.29, 1.82) is 5.26 Å². The third kappa shape index (κ3) is 4.64. The zero-order chi connectivity index (χ0) is 13.8. The zero-order valence-electron chi connectivity index (χ0n) is 11.0. The van der Waals surface area contributed by atoms with E-state index < -0.39 is 0 Å². The lowest BCUT2D eigenvalue weighted by Crippen LogP contribution is -2.31. The first-order valence-corrected chi connectivity index (χ1v) is 6.25. The predicted octanol–water partition coefficient (Wildman–Crippen LogP) is 3.50. The van der Waals surface area contributed by atoms with Gasteiger partial charge in [0, 0.05) is 13.1 Å². The second-order valence-corrected chi connectivity index (χ2v) is 5.64. The van der Waals surface area contributed by atoms with Crippen LogP contribution in [-0.2, 0) is 6.42 Å². The maximum atomic E-state index is 13.0. The molecule has 0 saturated carbocycles. The molecule has 0 radical (unpaired) electrons. The normalized spacial score (nSPS) is 11.6. The van der Waals surface area contributed by atoms with Gasteiger partial charge in [-0.1, -0.05) is 17.7 Å². The van der Waals surface area contributed by atoms with E-state index in [1.54, 1.807) is 12.1 Å². The number of benzene rings is 1. The van der Waals surface area contributed by atoms with Crippen LogP contribution in [0.15, 0.2) is 18.2 Å². The molecule has 1 aromatic rings. The summed E-state index contributed by atoms with van der Waals surface area (Å²) in [4.78, 5) is 2.10. The van der Waals surface area contributed by atoms with Crippen LogP contribution < -0.4 is 0 Å². The van der Waals surface area contributed by atoms with E-state index in [1.165, 1.54) is 6.07 Å². The van der Waals surface area contributed by atoms with Crippen molar-refractivity contribution in [3.05, 3.63) is 34.6 Å². The SMILES string of the molecule is CN(CCc1ccc(F)c(Cl)c1)CC(C)(C)C#N. The molecule has 0 bridgehead atoms. The standard InChI is InChI=1S/C14H18ClFN2/c1-14(2,9-17)10-18(3)7-6-11-4-5-13(16)12(15)8-11/h4-5,8H,6-7,10H2,1-3H3. The number of likely N-dealkylation sites (N-methyl/N-ethyl adjacent to an activating group) is 1. The number of hydrogen-bond donors (Lipinski definition) is 0. The average Bonchev–Trinajstić information content (AvgIpc) is 2.30. The molecule has 0 aromatic heterocycles. The summed E-state index contributed by atoms with van der Waals surface area (Å²) in [5, 5.41) is 9.12. The molecule has 0 amide bonds. The Hall–Kier alpha value is -1.11. The third-order valence-electron chi connectivity index (χ3n) is 2.73. The molecule has 4 heteroatoms. The molecule has 1 rings (SSSR count). The van der Waals surface area contributed by atoms with Crippen molar-refractivity contribution in [2.24, 2.45) is 5.41 Å². The number of nitriles is 1. The lowest BCUT2D eigenvalue weighted by atomic mass is 9.95. The maximum Gasteiger partial charge on any atom is 0.141 e. The number of nitrogens with zero attached hydrogens (tertiary/aromatic N) is 2.